The van der Waals surface area contributed by atoms with Crippen LogP contribution >= 0.6 is 11.8 Å². The van der Waals surface area contributed by atoms with E-state index in [0.29, 0.717) is 40.0 Å². The number of nitrogens with one attached hydrogen (secondary N) is 1. The van der Waals surface area contributed by atoms with E-state index in [1.54, 1.807) is 7.11 Å². The van der Waals surface area contributed by atoms with Gasteiger partial charge in [-0.15, -0.1) is 0 Å². The summed E-state index contributed by atoms with van der Waals surface area (Å²) in [5, 5.41) is 13.4. The molecule has 0 bridgehead atoms. The van der Waals surface area contributed by atoms with E-state index in [2.05, 4.69) is 11.4 Å². The quantitative estimate of drug-likeness (QED) is 0.158. The highest BCUT2D eigenvalue weighted by Crippen LogP contribution is 2.39. The summed E-state index contributed by atoms with van der Waals surface area (Å²) in [5.41, 5.74) is 8.66. The third-order valence-electron chi connectivity index (χ3n) is 7.59. The molecule has 1 aromatic heterocycles. The minimum Gasteiger partial charge on any atom is -0.493 e. The number of anilines is 1. The Morgan fingerprint density at radius 3 is 2.31 bits per heavy atom. The number of carbonyl (C=O) groups excluding carboxylic acids is 1. The molecule has 0 unspecified atom stereocenters. The SMILES string of the molecule is COc1cc(-c2cc(-c3ccc(C)cc3)nc(S[C@@H](C)C(=O)Nc3ccc(C)c(C)c3)c2C#N)ccc1OCc1ccccc1. The molecule has 7 heteroatoms. The highest BCUT2D eigenvalue weighted by Gasteiger charge is 2.22. The number of hydrogen-bond acceptors (Lipinski definition) is 6. The van der Waals surface area contributed by atoms with E-state index >= 15 is 0 Å². The first-order valence-corrected chi connectivity index (χ1v) is 15.6. The molecule has 6 nitrogen and oxygen atoms in total. The summed E-state index contributed by atoms with van der Waals surface area (Å²) >= 11 is 1.27. The maximum absolute atomic E-state index is 13.3. The smallest absolute Gasteiger partial charge is 0.237 e. The fourth-order valence-corrected chi connectivity index (χ4v) is 5.71. The van der Waals surface area contributed by atoms with E-state index in [4.69, 9.17) is 14.5 Å². The fraction of sp³-hybridized carbons (Fsp3) is 0.184. The van der Waals surface area contributed by atoms with Crippen molar-refractivity contribution in [3.63, 3.8) is 0 Å². The normalized spacial score (nSPS) is 11.4. The maximum Gasteiger partial charge on any atom is 0.237 e. The molecule has 0 aliphatic rings. The summed E-state index contributed by atoms with van der Waals surface area (Å²) in [6, 6.07) is 33.8. The van der Waals surface area contributed by atoms with E-state index in [-0.39, 0.29) is 5.91 Å². The number of aryl methyl sites for hydroxylation is 3. The summed E-state index contributed by atoms with van der Waals surface area (Å²) in [6.45, 7) is 8.31. The number of rotatable bonds is 10. The van der Waals surface area contributed by atoms with Crippen LogP contribution in [-0.4, -0.2) is 23.3 Å². The third kappa shape index (κ3) is 7.54. The number of thioether (sulfide) groups is 1. The lowest BCUT2D eigenvalue weighted by Gasteiger charge is -2.17. The molecule has 0 radical (unpaired) electrons. The van der Waals surface area contributed by atoms with Gasteiger partial charge in [0.15, 0.2) is 11.5 Å². The van der Waals surface area contributed by atoms with Gasteiger partial charge in [-0.1, -0.05) is 84.1 Å². The Morgan fingerprint density at radius 1 is 0.889 bits per heavy atom. The summed E-state index contributed by atoms with van der Waals surface area (Å²) in [7, 11) is 1.60. The topological polar surface area (TPSA) is 84.2 Å². The van der Waals surface area contributed by atoms with Crippen LogP contribution in [0.3, 0.4) is 0 Å². The molecule has 1 N–H and O–H groups in total. The second kappa shape index (κ2) is 14.1. The van der Waals surface area contributed by atoms with Crippen molar-refractivity contribution in [3.8, 4) is 40.0 Å². The molecule has 5 aromatic rings. The summed E-state index contributed by atoms with van der Waals surface area (Å²) < 4.78 is 11.8. The molecule has 0 saturated heterocycles. The second-order valence-electron chi connectivity index (χ2n) is 10.9. The number of benzene rings is 4. The molecule has 45 heavy (non-hydrogen) atoms. The zero-order chi connectivity index (χ0) is 31.9. The first-order chi connectivity index (χ1) is 21.7. The Balaban J connectivity index is 1.51. The van der Waals surface area contributed by atoms with Crippen LogP contribution in [-0.2, 0) is 11.4 Å². The van der Waals surface area contributed by atoms with Crippen molar-refractivity contribution < 1.29 is 14.3 Å². The van der Waals surface area contributed by atoms with Crippen LogP contribution in [0.1, 0.15) is 34.7 Å². The van der Waals surface area contributed by atoms with E-state index in [1.807, 2.05) is 125 Å². The maximum atomic E-state index is 13.3. The predicted molar refractivity (Wildman–Crippen MR) is 182 cm³/mol. The van der Waals surface area contributed by atoms with Gasteiger partial charge in [0.05, 0.1) is 23.6 Å². The molecular formula is C38H35N3O3S. The Kier molecular flexibility index (Phi) is 9.86. The zero-order valence-electron chi connectivity index (χ0n) is 26.0. The Morgan fingerprint density at radius 2 is 1.62 bits per heavy atom. The Labute approximate surface area is 269 Å². The summed E-state index contributed by atoms with van der Waals surface area (Å²) in [6.07, 6.45) is 0. The van der Waals surface area contributed by atoms with Crippen molar-refractivity contribution >= 4 is 23.4 Å². The van der Waals surface area contributed by atoms with Crippen LogP contribution in [0.25, 0.3) is 22.4 Å². The molecule has 1 atom stereocenters. The largest absolute Gasteiger partial charge is 0.493 e. The van der Waals surface area contributed by atoms with Crippen molar-refractivity contribution in [2.75, 3.05) is 12.4 Å². The number of aromatic nitrogens is 1. The number of methoxy groups -OCH3 is 1. The van der Waals surface area contributed by atoms with E-state index < -0.39 is 5.25 Å². The number of nitriles is 1. The lowest BCUT2D eigenvalue weighted by Crippen LogP contribution is -2.22. The number of carbonyl (C=O) groups is 1. The molecule has 0 aliphatic carbocycles. The van der Waals surface area contributed by atoms with Gasteiger partial charge in [-0.05, 0) is 80.3 Å². The number of pyridine rings is 1. The van der Waals surface area contributed by atoms with Crippen LogP contribution < -0.4 is 14.8 Å². The first kappa shape index (κ1) is 31.4. The molecule has 1 amide bonds. The molecule has 0 spiro atoms. The number of amides is 1. The zero-order valence-corrected chi connectivity index (χ0v) is 26.9. The highest BCUT2D eigenvalue weighted by atomic mass is 32.2. The highest BCUT2D eigenvalue weighted by molar-refractivity contribution is 8.00. The summed E-state index contributed by atoms with van der Waals surface area (Å²) in [4.78, 5) is 18.2. The molecule has 226 valence electrons. The minimum absolute atomic E-state index is 0.169. The van der Waals surface area contributed by atoms with Gasteiger partial charge in [-0.25, -0.2) is 4.98 Å². The first-order valence-electron chi connectivity index (χ1n) is 14.7. The van der Waals surface area contributed by atoms with E-state index in [9.17, 15) is 10.1 Å². The van der Waals surface area contributed by atoms with E-state index in [0.717, 1.165) is 39.1 Å². The van der Waals surface area contributed by atoms with Crippen molar-refractivity contribution in [1.82, 2.24) is 4.98 Å². The average Bonchev–Trinajstić information content (AvgIpc) is 3.05. The second-order valence-corrected chi connectivity index (χ2v) is 12.2. The molecule has 1 heterocycles. The fourth-order valence-electron chi connectivity index (χ4n) is 4.79. The average molecular weight is 614 g/mol. The lowest BCUT2D eigenvalue weighted by molar-refractivity contribution is -0.115. The van der Waals surface area contributed by atoms with Crippen LogP contribution in [0.15, 0.2) is 102 Å². The van der Waals surface area contributed by atoms with Crippen LogP contribution in [0.5, 0.6) is 11.5 Å². The lowest BCUT2D eigenvalue weighted by atomic mass is 9.98. The van der Waals surface area contributed by atoms with Gasteiger partial charge in [0.25, 0.3) is 0 Å². The van der Waals surface area contributed by atoms with Crippen molar-refractivity contribution in [3.05, 3.63) is 125 Å². The third-order valence-corrected chi connectivity index (χ3v) is 8.68. The standard InChI is InChI=1S/C38H35N3O3S/c1-24-11-14-29(15-12-24)34-21-32(30-16-18-35(36(20-30)43-5)44-23-28-9-7-6-8-10-28)33(22-39)38(41-34)45-27(4)37(42)40-31-17-13-25(2)26(3)19-31/h6-21,27H,23H2,1-5H3,(H,40,42)/t27-/m0/s1. The molecule has 0 aliphatic heterocycles. The molecule has 0 fully saturated rings. The molecule has 0 saturated carbocycles. The van der Waals surface area contributed by atoms with E-state index in [1.165, 1.54) is 11.8 Å². The van der Waals surface area contributed by atoms with Crippen molar-refractivity contribution in [1.29, 1.82) is 5.26 Å². The van der Waals surface area contributed by atoms with Crippen LogP contribution in [0.4, 0.5) is 5.69 Å². The summed E-state index contributed by atoms with van der Waals surface area (Å²) in [5.74, 6) is 0.983. The van der Waals surface area contributed by atoms with Crippen LogP contribution in [0.2, 0.25) is 0 Å². The van der Waals surface area contributed by atoms with Crippen LogP contribution in [0, 0.1) is 32.1 Å². The molecular weight excluding hydrogens is 579 g/mol. The van der Waals surface area contributed by atoms with Gasteiger partial charge in [-0.3, -0.25) is 4.79 Å². The molecule has 4 aromatic carbocycles. The Hall–Kier alpha value is -5.06. The number of ether oxygens (including phenoxy) is 2. The van der Waals surface area contributed by atoms with Gasteiger partial charge in [-0.2, -0.15) is 5.26 Å². The number of hydrogen-bond donors (Lipinski definition) is 1. The van der Waals surface area contributed by atoms with Gasteiger partial charge in [0.2, 0.25) is 5.91 Å². The van der Waals surface area contributed by atoms with Crippen molar-refractivity contribution in [2.45, 2.75) is 44.6 Å². The minimum atomic E-state index is -0.518. The Bertz CT molecular complexity index is 1870. The van der Waals surface area contributed by atoms with Gasteiger partial charge in [0.1, 0.15) is 17.7 Å². The van der Waals surface area contributed by atoms with Gasteiger partial charge in [0, 0.05) is 16.8 Å². The van der Waals surface area contributed by atoms with Gasteiger partial charge >= 0.3 is 0 Å². The number of nitrogens with zero attached hydrogens (tertiary/aromatic N) is 2. The molecule has 5 rings (SSSR count). The monoisotopic (exact) mass is 613 g/mol. The predicted octanol–water partition coefficient (Wildman–Crippen LogP) is 8.92. The van der Waals surface area contributed by atoms with Gasteiger partial charge < -0.3 is 14.8 Å². The van der Waals surface area contributed by atoms with Crippen molar-refractivity contribution in [2.24, 2.45) is 0 Å².